The number of rotatable bonds is 15. The van der Waals surface area contributed by atoms with E-state index in [1.165, 1.54) is 77.0 Å². The summed E-state index contributed by atoms with van der Waals surface area (Å²) in [5.74, 6) is 5.83. The third-order valence-corrected chi connectivity index (χ3v) is 15.6. The summed E-state index contributed by atoms with van der Waals surface area (Å²) in [6.45, 7) is 11.1. The predicted molar refractivity (Wildman–Crippen MR) is 210 cm³/mol. The molecule has 1 saturated heterocycles. The fourth-order valence-electron chi connectivity index (χ4n) is 12.7. The van der Waals surface area contributed by atoms with Crippen LogP contribution < -0.4 is 0 Å². The Labute approximate surface area is 320 Å². The Balaban J connectivity index is 0.913. The quantitative estimate of drug-likeness (QED) is 0.190. The summed E-state index contributed by atoms with van der Waals surface area (Å²) in [5.41, 5.74) is 3.14. The van der Waals surface area contributed by atoms with Crippen molar-refractivity contribution in [3.8, 4) is 0 Å². The number of aliphatic hydroxyl groups is 2. The van der Waals surface area contributed by atoms with Gasteiger partial charge in [0.25, 0.3) is 0 Å². The number of benzene rings is 2. The molecule has 14 atom stereocenters. The van der Waals surface area contributed by atoms with E-state index in [0.717, 1.165) is 53.1 Å². The van der Waals surface area contributed by atoms with Gasteiger partial charge in [-0.05, 0) is 121 Å². The lowest BCUT2D eigenvalue weighted by atomic mass is 9.44. The van der Waals surface area contributed by atoms with Crippen LogP contribution >= 0.6 is 0 Å². The fraction of sp³-hybridized carbons (Fsp3) is 0.745. The molecule has 6 heteroatoms. The second-order valence-corrected chi connectivity index (χ2v) is 18.7. The number of hydrogen-bond donors (Lipinski definition) is 2. The van der Waals surface area contributed by atoms with Gasteiger partial charge in [-0.15, -0.1) is 0 Å². The van der Waals surface area contributed by atoms with Crippen LogP contribution in [-0.4, -0.2) is 54.1 Å². The van der Waals surface area contributed by atoms with Crippen LogP contribution in [0, 0.1) is 52.3 Å². The van der Waals surface area contributed by atoms with Crippen molar-refractivity contribution < 1.29 is 29.2 Å². The second kappa shape index (κ2) is 17.6. The zero-order valence-electron chi connectivity index (χ0n) is 33.2. The topological polar surface area (TPSA) is 77.4 Å². The maximum atomic E-state index is 11.6. The van der Waals surface area contributed by atoms with Crippen molar-refractivity contribution in [3.63, 3.8) is 0 Å². The SMILES string of the molecule is CC(CCC[C@@H](C)[C@H]1CC[C@H]2[C@@H]3CCC4CCCC[C@]4(C)[C@H]3CC[C@]12C)CO[C@@H]1O[C@H](CO)[C@H](OCc2ccccc2)[C@H](O)[C@H]1OCc1ccccc1. The number of hydrogen-bond acceptors (Lipinski definition) is 6. The molecule has 0 bridgehead atoms. The number of fused-ring (bicyclic) bond motifs is 5. The first-order chi connectivity index (χ1) is 25.7. The van der Waals surface area contributed by atoms with Crippen LogP contribution in [0.15, 0.2) is 60.7 Å². The van der Waals surface area contributed by atoms with Crippen molar-refractivity contribution in [1.29, 1.82) is 0 Å². The molecule has 4 saturated carbocycles. The van der Waals surface area contributed by atoms with Crippen molar-refractivity contribution in [2.45, 2.75) is 155 Å². The van der Waals surface area contributed by atoms with Gasteiger partial charge in [0.1, 0.15) is 24.4 Å². The van der Waals surface area contributed by atoms with E-state index >= 15 is 0 Å². The minimum absolute atomic E-state index is 0.280. The lowest BCUT2D eigenvalue weighted by molar-refractivity contribution is -0.320. The van der Waals surface area contributed by atoms with E-state index in [0.29, 0.717) is 36.6 Å². The Morgan fingerprint density at radius 2 is 1.42 bits per heavy atom. The van der Waals surface area contributed by atoms with Gasteiger partial charge in [0.2, 0.25) is 0 Å². The summed E-state index contributed by atoms with van der Waals surface area (Å²) in [5, 5.41) is 22.0. The zero-order chi connectivity index (χ0) is 37.0. The van der Waals surface area contributed by atoms with Gasteiger partial charge in [-0.3, -0.25) is 0 Å². The van der Waals surface area contributed by atoms with Gasteiger partial charge in [0, 0.05) is 0 Å². The third-order valence-electron chi connectivity index (χ3n) is 15.6. The molecule has 7 rings (SSSR count). The maximum Gasteiger partial charge on any atom is 0.186 e. The third kappa shape index (κ3) is 8.49. The largest absolute Gasteiger partial charge is 0.394 e. The molecule has 5 aliphatic rings. The van der Waals surface area contributed by atoms with Gasteiger partial charge in [-0.25, -0.2) is 0 Å². The van der Waals surface area contributed by atoms with Crippen LogP contribution in [0.25, 0.3) is 0 Å². The van der Waals surface area contributed by atoms with Crippen LogP contribution in [0.3, 0.4) is 0 Å². The van der Waals surface area contributed by atoms with Crippen molar-refractivity contribution >= 4 is 0 Å². The summed E-state index contributed by atoms with van der Waals surface area (Å²) >= 11 is 0. The van der Waals surface area contributed by atoms with E-state index in [9.17, 15) is 10.2 Å². The lowest BCUT2D eigenvalue weighted by Crippen LogP contribution is -2.61. The Bertz CT molecular complexity index is 1400. The van der Waals surface area contributed by atoms with Gasteiger partial charge >= 0.3 is 0 Å². The highest BCUT2D eigenvalue weighted by Crippen LogP contribution is 2.68. The molecule has 0 aromatic heterocycles. The lowest BCUT2D eigenvalue weighted by Gasteiger charge is -2.61. The first-order valence-corrected chi connectivity index (χ1v) is 21.6. The molecule has 2 aromatic rings. The molecule has 2 N–H and O–H groups in total. The fourth-order valence-corrected chi connectivity index (χ4v) is 12.7. The molecule has 1 heterocycles. The van der Waals surface area contributed by atoms with E-state index in [1.54, 1.807) is 0 Å². The summed E-state index contributed by atoms with van der Waals surface area (Å²) in [4.78, 5) is 0. The molecule has 5 fully saturated rings. The zero-order valence-corrected chi connectivity index (χ0v) is 33.2. The maximum absolute atomic E-state index is 11.6. The molecular formula is C47H70O6. The summed E-state index contributed by atoms with van der Waals surface area (Å²) < 4.78 is 25.3. The molecule has 294 valence electrons. The van der Waals surface area contributed by atoms with Gasteiger partial charge in [0.05, 0.1) is 26.4 Å². The second-order valence-electron chi connectivity index (χ2n) is 18.7. The van der Waals surface area contributed by atoms with E-state index < -0.39 is 30.7 Å². The van der Waals surface area contributed by atoms with Crippen molar-refractivity contribution in [1.82, 2.24) is 0 Å². The predicted octanol–water partition coefficient (Wildman–Crippen LogP) is 9.74. The van der Waals surface area contributed by atoms with Crippen LogP contribution in [0.2, 0.25) is 0 Å². The van der Waals surface area contributed by atoms with E-state index in [1.807, 2.05) is 60.7 Å². The van der Waals surface area contributed by atoms with E-state index in [2.05, 4.69) is 27.7 Å². The van der Waals surface area contributed by atoms with Crippen LogP contribution in [0.4, 0.5) is 0 Å². The Morgan fingerprint density at radius 3 is 2.11 bits per heavy atom. The van der Waals surface area contributed by atoms with Gasteiger partial charge in [-0.2, -0.15) is 0 Å². The normalized spacial score (nSPS) is 39.4. The average Bonchev–Trinajstić information content (AvgIpc) is 3.54. The monoisotopic (exact) mass is 731 g/mol. The first-order valence-electron chi connectivity index (χ1n) is 21.6. The Hall–Kier alpha value is -1.80. The summed E-state index contributed by atoms with van der Waals surface area (Å²) in [7, 11) is 0. The number of ether oxygens (including phenoxy) is 4. The Morgan fingerprint density at radius 1 is 0.736 bits per heavy atom. The molecular weight excluding hydrogens is 661 g/mol. The Kier molecular flexibility index (Phi) is 13.1. The average molecular weight is 731 g/mol. The van der Waals surface area contributed by atoms with Crippen molar-refractivity contribution in [3.05, 3.63) is 71.8 Å². The van der Waals surface area contributed by atoms with Crippen molar-refractivity contribution in [2.24, 2.45) is 52.3 Å². The number of aliphatic hydroxyl groups excluding tert-OH is 2. The van der Waals surface area contributed by atoms with Crippen molar-refractivity contribution in [2.75, 3.05) is 13.2 Å². The summed E-state index contributed by atoms with van der Waals surface area (Å²) in [6, 6.07) is 19.8. The smallest absolute Gasteiger partial charge is 0.186 e. The van der Waals surface area contributed by atoms with Gasteiger partial charge < -0.3 is 29.2 Å². The minimum Gasteiger partial charge on any atom is -0.394 e. The van der Waals surface area contributed by atoms with E-state index in [4.69, 9.17) is 18.9 Å². The molecule has 53 heavy (non-hydrogen) atoms. The molecule has 1 aliphatic heterocycles. The highest BCUT2D eigenvalue weighted by Gasteiger charge is 2.60. The molecule has 4 aliphatic carbocycles. The summed E-state index contributed by atoms with van der Waals surface area (Å²) in [6.07, 6.45) is 14.3. The first kappa shape index (κ1) is 39.4. The van der Waals surface area contributed by atoms with E-state index in [-0.39, 0.29) is 6.61 Å². The molecule has 0 radical (unpaired) electrons. The minimum atomic E-state index is -1.03. The molecule has 2 unspecified atom stereocenters. The molecule has 0 amide bonds. The van der Waals surface area contributed by atoms with Crippen LogP contribution in [0.1, 0.15) is 122 Å². The highest BCUT2D eigenvalue weighted by molar-refractivity contribution is 5.15. The van der Waals surface area contributed by atoms with Crippen LogP contribution in [-0.2, 0) is 32.2 Å². The molecule has 2 aromatic carbocycles. The highest BCUT2D eigenvalue weighted by atomic mass is 16.7. The molecule has 6 nitrogen and oxygen atoms in total. The molecule has 0 spiro atoms. The van der Waals surface area contributed by atoms with Gasteiger partial charge in [-0.1, -0.05) is 114 Å². The standard InChI is InChI=1S/C47H70O6/c1-32(14-13-15-33(2)38-23-24-39-37-22-21-36-20-11-12-26-46(36,3)40(37)25-27-47(38,39)4)29-52-45-44(51-31-35-18-9-6-10-19-35)42(49)43(41(28-48)53-45)50-30-34-16-7-5-8-17-34/h5-10,16-19,32-33,36-45,48-49H,11-15,20-31H2,1-4H3/t32?,33-,36?,37+,38-,39+,40+,41-,42+,43+,44-,45-,46+,47-/m1/s1. The van der Waals surface area contributed by atoms with Gasteiger partial charge in [0.15, 0.2) is 6.29 Å². The van der Waals surface area contributed by atoms with Crippen LogP contribution in [0.5, 0.6) is 0 Å².